The van der Waals surface area contributed by atoms with Gasteiger partial charge in [-0.3, -0.25) is 4.79 Å². The van der Waals surface area contributed by atoms with Crippen molar-refractivity contribution in [3.63, 3.8) is 0 Å². The van der Waals surface area contributed by atoms with Gasteiger partial charge in [0.05, 0.1) is 5.69 Å². The zero-order chi connectivity index (χ0) is 16.4. The molecule has 118 valence electrons. The summed E-state index contributed by atoms with van der Waals surface area (Å²) in [5, 5.41) is 10.4. The maximum absolute atomic E-state index is 13.7. The molecule has 2 aromatic heterocycles. The van der Waals surface area contributed by atoms with Crippen LogP contribution in [0.15, 0.2) is 40.9 Å². The number of amides is 1. The predicted molar refractivity (Wildman–Crippen MR) is 82.5 cm³/mol. The van der Waals surface area contributed by atoms with Crippen molar-refractivity contribution < 1.29 is 13.6 Å². The minimum Gasteiger partial charge on any atom is -0.420 e. The monoisotopic (exact) mass is 334 g/mol. The summed E-state index contributed by atoms with van der Waals surface area (Å²) in [6.07, 6.45) is 1.70. The number of carbonyl (C=O) groups excluding carboxylic acids is 1. The molecule has 8 heteroatoms. The first-order chi connectivity index (χ1) is 11.0. The third-order valence-electron chi connectivity index (χ3n) is 3.09. The molecule has 0 fully saturated rings. The van der Waals surface area contributed by atoms with Crippen LogP contribution in [0.3, 0.4) is 0 Å². The van der Waals surface area contributed by atoms with Crippen LogP contribution in [0.25, 0.3) is 11.6 Å². The number of nitrogens with zero attached hydrogens (tertiary/aromatic N) is 3. The molecular formula is C15H12ClFN4O2. The average Bonchev–Trinajstić information content (AvgIpc) is 3.10. The Labute approximate surface area is 135 Å². The van der Waals surface area contributed by atoms with Crippen LogP contribution in [0, 0.1) is 12.7 Å². The van der Waals surface area contributed by atoms with E-state index in [1.165, 1.54) is 12.1 Å². The standard InChI is InChI=1S/C15H12ClFN4O2/c1-9-19-20-15(23-9)13-3-2-6-21(13)8-14(22)18-12-5-4-10(16)7-11(12)17/h2-7H,8H2,1H3,(H,18,22). The number of hydrogen-bond acceptors (Lipinski definition) is 4. The van der Waals surface area contributed by atoms with Gasteiger partial charge in [-0.1, -0.05) is 11.6 Å². The van der Waals surface area contributed by atoms with Gasteiger partial charge in [-0.15, -0.1) is 10.2 Å². The number of hydrogen-bond donors (Lipinski definition) is 1. The molecule has 0 spiro atoms. The molecule has 0 aliphatic heterocycles. The van der Waals surface area contributed by atoms with E-state index in [0.717, 1.165) is 6.07 Å². The van der Waals surface area contributed by atoms with Crippen molar-refractivity contribution in [1.82, 2.24) is 14.8 Å². The quantitative estimate of drug-likeness (QED) is 0.794. The fourth-order valence-electron chi connectivity index (χ4n) is 2.08. The molecule has 0 aliphatic rings. The molecule has 23 heavy (non-hydrogen) atoms. The molecule has 1 aromatic carbocycles. The van der Waals surface area contributed by atoms with Gasteiger partial charge in [0.2, 0.25) is 11.8 Å². The number of aromatic nitrogens is 3. The van der Waals surface area contributed by atoms with Crippen molar-refractivity contribution >= 4 is 23.2 Å². The molecule has 1 N–H and O–H groups in total. The molecule has 0 unspecified atom stereocenters. The van der Waals surface area contributed by atoms with Crippen LogP contribution >= 0.6 is 11.6 Å². The molecule has 1 amide bonds. The lowest BCUT2D eigenvalue weighted by Gasteiger charge is -2.09. The van der Waals surface area contributed by atoms with Gasteiger partial charge >= 0.3 is 0 Å². The lowest BCUT2D eigenvalue weighted by atomic mass is 10.3. The first-order valence-electron chi connectivity index (χ1n) is 6.73. The first kappa shape index (κ1) is 15.2. The van der Waals surface area contributed by atoms with E-state index in [0.29, 0.717) is 17.5 Å². The van der Waals surface area contributed by atoms with E-state index in [2.05, 4.69) is 15.5 Å². The van der Waals surface area contributed by atoms with E-state index < -0.39 is 5.82 Å². The zero-order valence-corrected chi connectivity index (χ0v) is 12.8. The van der Waals surface area contributed by atoms with Gasteiger partial charge in [0.25, 0.3) is 5.89 Å². The second-order valence-corrected chi connectivity index (χ2v) is 5.26. The third-order valence-corrected chi connectivity index (χ3v) is 3.33. The molecule has 0 bridgehead atoms. The molecule has 0 saturated carbocycles. The lowest BCUT2D eigenvalue weighted by molar-refractivity contribution is -0.116. The number of aryl methyl sites for hydroxylation is 1. The molecule has 0 aliphatic carbocycles. The Hall–Kier alpha value is -2.67. The van der Waals surface area contributed by atoms with Crippen molar-refractivity contribution in [2.75, 3.05) is 5.32 Å². The molecule has 0 radical (unpaired) electrons. The number of benzene rings is 1. The Morgan fingerprint density at radius 2 is 2.22 bits per heavy atom. The average molecular weight is 335 g/mol. The number of halogens is 2. The van der Waals surface area contributed by atoms with Crippen molar-refractivity contribution in [1.29, 1.82) is 0 Å². The van der Waals surface area contributed by atoms with Crippen molar-refractivity contribution in [3.8, 4) is 11.6 Å². The molecule has 6 nitrogen and oxygen atoms in total. The molecule has 0 saturated heterocycles. The van der Waals surface area contributed by atoms with Crippen LogP contribution in [0.1, 0.15) is 5.89 Å². The Bertz CT molecular complexity index is 859. The highest BCUT2D eigenvalue weighted by molar-refractivity contribution is 6.30. The smallest absolute Gasteiger partial charge is 0.264 e. The summed E-state index contributed by atoms with van der Waals surface area (Å²) in [6.45, 7) is 1.66. The van der Waals surface area contributed by atoms with Gasteiger partial charge in [-0.25, -0.2) is 4.39 Å². The fraction of sp³-hybridized carbons (Fsp3) is 0.133. The number of nitrogens with one attached hydrogen (secondary N) is 1. The topological polar surface area (TPSA) is 73.0 Å². The zero-order valence-electron chi connectivity index (χ0n) is 12.1. The highest BCUT2D eigenvalue weighted by atomic mass is 35.5. The molecule has 0 atom stereocenters. The van der Waals surface area contributed by atoms with Crippen molar-refractivity contribution in [2.24, 2.45) is 0 Å². The van der Waals surface area contributed by atoms with Crippen LogP contribution in [-0.4, -0.2) is 20.7 Å². The van der Waals surface area contributed by atoms with Crippen LogP contribution in [-0.2, 0) is 11.3 Å². The maximum atomic E-state index is 13.7. The Balaban J connectivity index is 1.75. The summed E-state index contributed by atoms with van der Waals surface area (Å²) >= 11 is 5.68. The summed E-state index contributed by atoms with van der Waals surface area (Å²) < 4.78 is 20.7. The van der Waals surface area contributed by atoms with Crippen molar-refractivity contribution in [2.45, 2.75) is 13.5 Å². The fourth-order valence-corrected chi connectivity index (χ4v) is 2.24. The Morgan fingerprint density at radius 1 is 1.39 bits per heavy atom. The summed E-state index contributed by atoms with van der Waals surface area (Å²) in [4.78, 5) is 12.1. The lowest BCUT2D eigenvalue weighted by Crippen LogP contribution is -2.19. The molecule has 3 aromatic rings. The molecular weight excluding hydrogens is 323 g/mol. The van der Waals surface area contributed by atoms with Gasteiger partial charge in [0, 0.05) is 18.1 Å². The Kier molecular flexibility index (Phi) is 4.12. The third kappa shape index (κ3) is 3.40. The first-order valence-corrected chi connectivity index (χ1v) is 7.11. The van der Waals surface area contributed by atoms with E-state index >= 15 is 0 Å². The summed E-state index contributed by atoms with van der Waals surface area (Å²) in [7, 11) is 0. The summed E-state index contributed by atoms with van der Waals surface area (Å²) in [6, 6.07) is 7.56. The maximum Gasteiger partial charge on any atom is 0.264 e. The van der Waals surface area contributed by atoms with E-state index in [1.54, 1.807) is 29.8 Å². The normalized spacial score (nSPS) is 10.7. The van der Waals surface area contributed by atoms with Crippen LogP contribution in [0.4, 0.5) is 10.1 Å². The summed E-state index contributed by atoms with van der Waals surface area (Å²) in [5.74, 6) is -0.232. The number of rotatable bonds is 4. The van der Waals surface area contributed by atoms with Gasteiger partial charge < -0.3 is 14.3 Å². The minimum atomic E-state index is -0.592. The van der Waals surface area contributed by atoms with Crippen LogP contribution < -0.4 is 5.32 Å². The van der Waals surface area contributed by atoms with Gasteiger partial charge in [-0.2, -0.15) is 0 Å². The van der Waals surface area contributed by atoms with E-state index in [4.69, 9.17) is 16.0 Å². The molecule has 3 rings (SSSR count). The SMILES string of the molecule is Cc1nnc(-c2cccn2CC(=O)Nc2ccc(Cl)cc2F)o1. The highest BCUT2D eigenvalue weighted by Gasteiger charge is 2.14. The largest absolute Gasteiger partial charge is 0.420 e. The number of carbonyl (C=O) groups is 1. The van der Waals surface area contributed by atoms with Gasteiger partial charge in [-0.05, 0) is 30.3 Å². The van der Waals surface area contributed by atoms with Crippen molar-refractivity contribution in [3.05, 3.63) is 53.3 Å². The highest BCUT2D eigenvalue weighted by Crippen LogP contribution is 2.20. The predicted octanol–water partition coefficient (Wildman–Crippen LogP) is 3.28. The molecule has 2 heterocycles. The van der Waals surface area contributed by atoms with Gasteiger partial charge in [0.15, 0.2) is 0 Å². The van der Waals surface area contributed by atoms with E-state index in [-0.39, 0.29) is 23.2 Å². The second kappa shape index (κ2) is 6.21. The summed E-state index contributed by atoms with van der Waals surface area (Å²) in [5.41, 5.74) is 0.680. The number of anilines is 1. The van der Waals surface area contributed by atoms with Crippen LogP contribution in [0.2, 0.25) is 5.02 Å². The Morgan fingerprint density at radius 3 is 2.91 bits per heavy atom. The van der Waals surface area contributed by atoms with E-state index in [1.807, 2.05) is 0 Å². The minimum absolute atomic E-state index is 0.0220. The van der Waals surface area contributed by atoms with E-state index in [9.17, 15) is 9.18 Å². The van der Waals surface area contributed by atoms with Crippen LogP contribution in [0.5, 0.6) is 0 Å². The van der Waals surface area contributed by atoms with Gasteiger partial charge in [0.1, 0.15) is 18.1 Å². The second-order valence-electron chi connectivity index (χ2n) is 4.82.